The number of amides is 2. The number of halogens is 3. The number of benzene rings is 1. The number of anilines is 1. The lowest BCUT2D eigenvalue weighted by Crippen LogP contribution is -2.32. The Morgan fingerprint density at radius 3 is 2.32 bits per heavy atom. The van der Waals surface area contributed by atoms with E-state index in [0.717, 1.165) is 29.0 Å². The predicted molar refractivity (Wildman–Crippen MR) is 88.3 cm³/mol. The molecule has 2 heterocycles. The number of nitrogens with zero attached hydrogens (tertiary/aromatic N) is 3. The molecule has 0 unspecified atom stereocenters. The minimum Gasteiger partial charge on any atom is -0.318 e. The Labute approximate surface area is 143 Å². The fourth-order valence-corrected chi connectivity index (χ4v) is 3.04. The molecule has 2 amide bonds. The Bertz CT molecular complexity index is 767. The molecule has 25 heavy (non-hydrogen) atoms. The van der Waals surface area contributed by atoms with E-state index in [4.69, 9.17) is 0 Å². The minimum atomic E-state index is -4.43. The van der Waals surface area contributed by atoms with Gasteiger partial charge in [0.1, 0.15) is 5.82 Å². The molecule has 2 aromatic rings. The van der Waals surface area contributed by atoms with E-state index < -0.39 is 11.7 Å². The van der Waals surface area contributed by atoms with Gasteiger partial charge in [-0.3, -0.25) is 4.90 Å². The molecule has 0 spiro atoms. The van der Waals surface area contributed by atoms with Crippen molar-refractivity contribution >= 4 is 11.8 Å². The van der Waals surface area contributed by atoms with Crippen LogP contribution in [0.25, 0.3) is 0 Å². The van der Waals surface area contributed by atoms with Crippen molar-refractivity contribution in [3.63, 3.8) is 0 Å². The van der Waals surface area contributed by atoms with Gasteiger partial charge in [-0.05, 0) is 31.5 Å². The number of urea groups is 1. The highest BCUT2D eigenvalue weighted by Crippen LogP contribution is 2.30. The summed E-state index contributed by atoms with van der Waals surface area (Å²) in [5, 5.41) is 0. The van der Waals surface area contributed by atoms with Crippen LogP contribution in [0, 0.1) is 13.8 Å². The molecule has 132 valence electrons. The van der Waals surface area contributed by atoms with Gasteiger partial charge < -0.3 is 4.90 Å². The number of alkyl halides is 3. The fourth-order valence-electron chi connectivity index (χ4n) is 3.04. The van der Waals surface area contributed by atoms with Gasteiger partial charge in [0.05, 0.1) is 5.56 Å². The largest absolute Gasteiger partial charge is 0.417 e. The van der Waals surface area contributed by atoms with Crippen LogP contribution in [0.1, 0.15) is 22.3 Å². The van der Waals surface area contributed by atoms with Crippen LogP contribution in [-0.2, 0) is 12.7 Å². The smallest absolute Gasteiger partial charge is 0.318 e. The Kier molecular flexibility index (Phi) is 4.41. The maximum absolute atomic E-state index is 12.6. The molecule has 3 rings (SSSR count). The second-order valence-electron chi connectivity index (χ2n) is 6.25. The summed E-state index contributed by atoms with van der Waals surface area (Å²) >= 11 is 0. The fraction of sp³-hybridized carbons (Fsp3) is 0.333. The number of carbonyl (C=O) groups excluding carboxylic acids is 1. The molecule has 1 fully saturated rings. The van der Waals surface area contributed by atoms with Crippen LogP contribution in [0.2, 0.25) is 0 Å². The van der Waals surface area contributed by atoms with Crippen LogP contribution in [0.4, 0.5) is 23.8 Å². The molecular formula is C18H18F3N3O. The van der Waals surface area contributed by atoms with Crippen LogP contribution < -0.4 is 4.90 Å². The Hall–Kier alpha value is -2.57. The predicted octanol–water partition coefficient (Wildman–Crippen LogP) is 4.16. The van der Waals surface area contributed by atoms with Crippen molar-refractivity contribution in [1.82, 2.24) is 9.88 Å². The lowest BCUT2D eigenvalue weighted by Gasteiger charge is -2.19. The normalized spacial score (nSPS) is 15.2. The molecule has 0 atom stereocenters. The summed E-state index contributed by atoms with van der Waals surface area (Å²) in [4.78, 5) is 19.4. The summed E-state index contributed by atoms with van der Waals surface area (Å²) in [5.41, 5.74) is 2.47. The zero-order valence-corrected chi connectivity index (χ0v) is 14.0. The Balaban J connectivity index is 1.73. The summed E-state index contributed by atoms with van der Waals surface area (Å²) < 4.78 is 37.8. The van der Waals surface area contributed by atoms with Gasteiger partial charge in [0.25, 0.3) is 0 Å². The summed E-state index contributed by atoms with van der Waals surface area (Å²) in [5.74, 6) is 0.237. The second-order valence-corrected chi connectivity index (χ2v) is 6.25. The SMILES string of the molecule is Cc1cc(C)cc(CN2CCN(c3ccc(C(F)(F)F)cn3)C2=O)c1. The van der Waals surface area contributed by atoms with Crippen molar-refractivity contribution in [3.8, 4) is 0 Å². The van der Waals surface area contributed by atoms with Gasteiger partial charge in [-0.25, -0.2) is 9.78 Å². The third-order valence-corrected chi connectivity index (χ3v) is 4.10. The van der Waals surface area contributed by atoms with Crippen LogP contribution in [-0.4, -0.2) is 29.0 Å². The number of aryl methyl sites for hydroxylation is 2. The highest BCUT2D eigenvalue weighted by atomic mass is 19.4. The quantitative estimate of drug-likeness (QED) is 0.834. The van der Waals surface area contributed by atoms with E-state index in [1.807, 2.05) is 26.0 Å². The third kappa shape index (κ3) is 3.75. The Morgan fingerprint density at radius 2 is 1.76 bits per heavy atom. The molecule has 0 bridgehead atoms. The van der Waals surface area contributed by atoms with Gasteiger partial charge in [-0.1, -0.05) is 29.3 Å². The van der Waals surface area contributed by atoms with Crippen molar-refractivity contribution in [2.75, 3.05) is 18.0 Å². The number of aromatic nitrogens is 1. The van der Waals surface area contributed by atoms with Gasteiger partial charge in [-0.2, -0.15) is 13.2 Å². The lowest BCUT2D eigenvalue weighted by atomic mass is 10.1. The van der Waals surface area contributed by atoms with E-state index in [-0.39, 0.29) is 11.8 Å². The first-order valence-electron chi connectivity index (χ1n) is 7.91. The van der Waals surface area contributed by atoms with Gasteiger partial charge in [0.2, 0.25) is 0 Å². The number of pyridine rings is 1. The lowest BCUT2D eigenvalue weighted by molar-refractivity contribution is -0.137. The molecule has 1 saturated heterocycles. The van der Waals surface area contributed by atoms with E-state index in [9.17, 15) is 18.0 Å². The molecule has 1 aliphatic rings. The van der Waals surface area contributed by atoms with E-state index in [2.05, 4.69) is 11.1 Å². The maximum atomic E-state index is 12.6. The summed E-state index contributed by atoms with van der Waals surface area (Å²) in [7, 11) is 0. The highest BCUT2D eigenvalue weighted by Gasteiger charge is 2.33. The standard InChI is InChI=1S/C18H18F3N3O/c1-12-7-13(2)9-14(8-12)11-23-5-6-24(17(23)25)16-4-3-15(10-22-16)18(19,20)21/h3-4,7-10H,5-6,11H2,1-2H3. The molecule has 0 saturated carbocycles. The molecule has 1 aromatic heterocycles. The van der Waals surface area contributed by atoms with Crippen LogP contribution in [0.15, 0.2) is 36.5 Å². The van der Waals surface area contributed by atoms with E-state index in [0.29, 0.717) is 19.6 Å². The summed E-state index contributed by atoms with van der Waals surface area (Å²) in [6.07, 6.45) is -3.68. The molecule has 1 aromatic carbocycles. The highest BCUT2D eigenvalue weighted by molar-refractivity contribution is 5.93. The van der Waals surface area contributed by atoms with Crippen molar-refractivity contribution in [1.29, 1.82) is 0 Å². The third-order valence-electron chi connectivity index (χ3n) is 4.10. The molecule has 1 aliphatic heterocycles. The topological polar surface area (TPSA) is 36.4 Å². The summed E-state index contributed by atoms with van der Waals surface area (Å²) in [6.45, 7) is 5.39. The second kappa shape index (κ2) is 6.38. The van der Waals surface area contributed by atoms with E-state index >= 15 is 0 Å². The molecule has 0 aliphatic carbocycles. The molecular weight excluding hydrogens is 331 g/mol. The maximum Gasteiger partial charge on any atom is 0.417 e. The number of carbonyl (C=O) groups is 1. The molecule has 4 nitrogen and oxygen atoms in total. The minimum absolute atomic E-state index is 0.237. The first-order valence-corrected chi connectivity index (χ1v) is 7.91. The summed E-state index contributed by atoms with van der Waals surface area (Å²) in [6, 6.07) is 8.06. The molecule has 7 heteroatoms. The van der Waals surface area contributed by atoms with Gasteiger partial charge in [0, 0.05) is 25.8 Å². The zero-order chi connectivity index (χ0) is 18.2. The van der Waals surface area contributed by atoms with Gasteiger partial charge >= 0.3 is 12.2 Å². The number of hydrogen-bond donors (Lipinski definition) is 0. The van der Waals surface area contributed by atoms with E-state index in [1.54, 1.807) is 4.90 Å². The van der Waals surface area contributed by atoms with Gasteiger partial charge in [0.15, 0.2) is 0 Å². The average molecular weight is 349 g/mol. The van der Waals surface area contributed by atoms with Crippen LogP contribution in [0.5, 0.6) is 0 Å². The first kappa shape index (κ1) is 17.3. The van der Waals surface area contributed by atoms with Crippen molar-refractivity contribution in [2.45, 2.75) is 26.6 Å². The Morgan fingerprint density at radius 1 is 1.08 bits per heavy atom. The first-order chi connectivity index (χ1) is 11.7. The van der Waals surface area contributed by atoms with Crippen molar-refractivity contribution in [3.05, 3.63) is 58.8 Å². The van der Waals surface area contributed by atoms with Gasteiger partial charge in [-0.15, -0.1) is 0 Å². The zero-order valence-electron chi connectivity index (χ0n) is 14.0. The van der Waals surface area contributed by atoms with Crippen molar-refractivity contribution < 1.29 is 18.0 Å². The average Bonchev–Trinajstić information content (AvgIpc) is 2.86. The number of hydrogen-bond acceptors (Lipinski definition) is 2. The van der Waals surface area contributed by atoms with Crippen molar-refractivity contribution in [2.24, 2.45) is 0 Å². The van der Waals surface area contributed by atoms with Crippen LogP contribution in [0.3, 0.4) is 0 Å². The van der Waals surface area contributed by atoms with E-state index in [1.165, 1.54) is 11.0 Å². The monoisotopic (exact) mass is 349 g/mol. The van der Waals surface area contributed by atoms with Crippen LogP contribution >= 0.6 is 0 Å². The molecule has 0 N–H and O–H groups in total. The molecule has 0 radical (unpaired) electrons. The number of rotatable bonds is 3.